The van der Waals surface area contributed by atoms with E-state index < -0.39 is 16.0 Å². The molecular formula is C18H14ClN3O4S2. The predicted octanol–water partition coefficient (Wildman–Crippen LogP) is 3.68. The first kappa shape index (κ1) is 18.9. The third-order valence-corrected chi connectivity index (χ3v) is 6.53. The van der Waals surface area contributed by atoms with Gasteiger partial charge in [0.2, 0.25) is 0 Å². The molecule has 4 rings (SSSR count). The normalized spacial score (nSPS) is 13.9. The summed E-state index contributed by atoms with van der Waals surface area (Å²) >= 11 is 7.02. The van der Waals surface area contributed by atoms with E-state index in [4.69, 9.17) is 16.4 Å². The molecule has 0 saturated heterocycles. The van der Waals surface area contributed by atoms with Gasteiger partial charge in [-0.2, -0.15) is 0 Å². The van der Waals surface area contributed by atoms with Crippen LogP contribution in [0.1, 0.15) is 21.5 Å². The number of aromatic nitrogens is 1. The minimum atomic E-state index is -3.73. The lowest BCUT2D eigenvalue weighted by Crippen LogP contribution is -2.21. The van der Waals surface area contributed by atoms with Crippen LogP contribution < -0.4 is 4.72 Å². The largest absolute Gasteiger partial charge is 0.363 e. The summed E-state index contributed by atoms with van der Waals surface area (Å²) in [4.78, 5) is 21.7. The lowest BCUT2D eigenvalue weighted by atomic mass is 10.1. The molecule has 1 N–H and O–H groups in total. The predicted molar refractivity (Wildman–Crippen MR) is 105 cm³/mol. The SMILES string of the molecule is O=C(ON1Cc2ccc(S(=O)(=O)Nc3nccs3)cc2C1)c1ccc(Cl)cc1. The van der Waals surface area contributed by atoms with Crippen LogP contribution >= 0.6 is 22.9 Å². The number of carbonyl (C=O) groups is 1. The number of nitrogens with zero attached hydrogens (tertiary/aromatic N) is 2. The molecule has 0 saturated carbocycles. The summed E-state index contributed by atoms with van der Waals surface area (Å²) in [6, 6.07) is 11.2. The van der Waals surface area contributed by atoms with E-state index in [0.717, 1.165) is 11.1 Å². The maximum absolute atomic E-state index is 12.5. The van der Waals surface area contributed by atoms with Crippen LogP contribution in [0.3, 0.4) is 0 Å². The Morgan fingerprint density at radius 1 is 1.14 bits per heavy atom. The molecule has 2 aromatic carbocycles. The first-order valence-electron chi connectivity index (χ1n) is 8.18. The Balaban J connectivity index is 1.46. The Morgan fingerprint density at radius 2 is 1.89 bits per heavy atom. The average molecular weight is 436 g/mol. The molecule has 0 unspecified atom stereocenters. The number of benzene rings is 2. The molecule has 0 amide bonds. The molecule has 0 spiro atoms. The van der Waals surface area contributed by atoms with Gasteiger partial charge < -0.3 is 4.84 Å². The fourth-order valence-electron chi connectivity index (χ4n) is 2.77. The van der Waals surface area contributed by atoms with Crippen molar-refractivity contribution in [3.05, 3.63) is 75.8 Å². The molecule has 0 radical (unpaired) electrons. The summed E-state index contributed by atoms with van der Waals surface area (Å²) in [5.74, 6) is -0.497. The highest BCUT2D eigenvalue weighted by molar-refractivity contribution is 7.93. The van der Waals surface area contributed by atoms with Crippen molar-refractivity contribution in [3.63, 3.8) is 0 Å². The van der Waals surface area contributed by atoms with Gasteiger partial charge in [-0.1, -0.05) is 17.7 Å². The number of fused-ring (bicyclic) bond motifs is 1. The van der Waals surface area contributed by atoms with Gasteiger partial charge in [-0.3, -0.25) is 4.72 Å². The molecule has 7 nitrogen and oxygen atoms in total. The quantitative estimate of drug-likeness (QED) is 0.657. The van der Waals surface area contributed by atoms with Gasteiger partial charge in [0.15, 0.2) is 5.13 Å². The van der Waals surface area contributed by atoms with Crippen molar-refractivity contribution in [2.24, 2.45) is 0 Å². The first-order valence-corrected chi connectivity index (χ1v) is 10.9. The zero-order valence-electron chi connectivity index (χ0n) is 14.3. The van der Waals surface area contributed by atoms with Crippen molar-refractivity contribution in [3.8, 4) is 0 Å². The molecule has 0 atom stereocenters. The van der Waals surface area contributed by atoms with Crippen molar-refractivity contribution in [2.45, 2.75) is 18.0 Å². The summed E-state index contributed by atoms with van der Waals surface area (Å²) < 4.78 is 27.5. The molecule has 3 aromatic rings. The monoisotopic (exact) mass is 435 g/mol. The summed E-state index contributed by atoms with van der Waals surface area (Å²) in [7, 11) is -3.73. The Hall–Kier alpha value is -2.46. The smallest absolute Gasteiger partial charge is 0.357 e. The maximum Gasteiger partial charge on any atom is 0.357 e. The molecule has 28 heavy (non-hydrogen) atoms. The first-order chi connectivity index (χ1) is 13.4. The van der Waals surface area contributed by atoms with E-state index in [2.05, 4.69) is 9.71 Å². The molecule has 0 bridgehead atoms. The third-order valence-electron chi connectivity index (χ3n) is 4.13. The molecule has 2 heterocycles. The number of hydroxylamine groups is 2. The maximum atomic E-state index is 12.5. The molecule has 10 heteroatoms. The van der Waals surface area contributed by atoms with E-state index >= 15 is 0 Å². The van der Waals surface area contributed by atoms with Gasteiger partial charge in [-0.25, -0.2) is 18.2 Å². The zero-order chi connectivity index (χ0) is 19.7. The summed E-state index contributed by atoms with van der Waals surface area (Å²) in [5, 5.41) is 4.02. The van der Waals surface area contributed by atoms with Crippen LogP contribution in [0.5, 0.6) is 0 Å². The van der Waals surface area contributed by atoms with Crippen LogP contribution in [0.2, 0.25) is 5.02 Å². The number of thiazole rings is 1. The van der Waals surface area contributed by atoms with Crippen molar-refractivity contribution in [1.29, 1.82) is 0 Å². The van der Waals surface area contributed by atoms with E-state index in [1.54, 1.807) is 41.8 Å². The Morgan fingerprint density at radius 3 is 2.61 bits per heavy atom. The Kier molecular flexibility index (Phi) is 5.07. The second-order valence-electron chi connectivity index (χ2n) is 6.06. The van der Waals surface area contributed by atoms with Crippen LogP contribution in [0.25, 0.3) is 0 Å². The fourth-order valence-corrected chi connectivity index (χ4v) is 4.74. The molecular weight excluding hydrogens is 422 g/mol. The standard InChI is InChI=1S/C18H14ClN3O4S2/c19-15-4-1-12(2-5-15)17(23)26-22-10-13-3-6-16(9-14(13)11-22)28(24,25)21-18-20-7-8-27-18/h1-9H,10-11H2,(H,20,21). The van der Waals surface area contributed by atoms with Crippen molar-refractivity contribution in [1.82, 2.24) is 10.0 Å². The number of hydrogen-bond donors (Lipinski definition) is 1. The Labute approximate surface area is 170 Å². The highest BCUT2D eigenvalue weighted by Gasteiger charge is 2.25. The minimum absolute atomic E-state index is 0.132. The van der Waals surface area contributed by atoms with E-state index in [9.17, 15) is 13.2 Å². The second kappa shape index (κ2) is 7.51. The summed E-state index contributed by atoms with van der Waals surface area (Å²) in [6.45, 7) is 0.685. The topological polar surface area (TPSA) is 88.6 Å². The van der Waals surface area contributed by atoms with Crippen molar-refractivity contribution >= 4 is 44.1 Å². The second-order valence-corrected chi connectivity index (χ2v) is 9.07. The highest BCUT2D eigenvalue weighted by Crippen LogP contribution is 2.27. The van der Waals surface area contributed by atoms with Gasteiger partial charge in [0.05, 0.1) is 23.5 Å². The molecule has 1 aromatic heterocycles. The lowest BCUT2D eigenvalue weighted by molar-refractivity contribution is -0.115. The van der Waals surface area contributed by atoms with Crippen LogP contribution in [-0.2, 0) is 28.0 Å². The van der Waals surface area contributed by atoms with Gasteiger partial charge in [0.1, 0.15) is 0 Å². The molecule has 1 aliphatic rings. The third kappa shape index (κ3) is 4.02. The molecule has 0 aliphatic carbocycles. The number of sulfonamides is 1. The number of carbonyl (C=O) groups excluding carboxylic acids is 1. The minimum Gasteiger partial charge on any atom is -0.363 e. The van der Waals surface area contributed by atoms with Gasteiger partial charge in [-0.15, -0.1) is 16.4 Å². The number of halogens is 1. The zero-order valence-corrected chi connectivity index (χ0v) is 16.7. The van der Waals surface area contributed by atoms with Crippen LogP contribution in [0.15, 0.2) is 58.9 Å². The number of anilines is 1. The fraction of sp³-hybridized carbons (Fsp3) is 0.111. The highest BCUT2D eigenvalue weighted by atomic mass is 35.5. The van der Waals surface area contributed by atoms with Crippen molar-refractivity contribution < 1.29 is 18.0 Å². The molecule has 0 fully saturated rings. The van der Waals surface area contributed by atoms with E-state index in [1.165, 1.54) is 28.7 Å². The van der Waals surface area contributed by atoms with E-state index in [-0.39, 0.29) is 4.90 Å². The number of hydrogen-bond acceptors (Lipinski definition) is 7. The van der Waals surface area contributed by atoms with Gasteiger partial charge in [0.25, 0.3) is 10.0 Å². The van der Waals surface area contributed by atoms with Gasteiger partial charge in [0, 0.05) is 16.6 Å². The van der Waals surface area contributed by atoms with Crippen LogP contribution in [0.4, 0.5) is 5.13 Å². The molecule has 1 aliphatic heterocycles. The van der Waals surface area contributed by atoms with Gasteiger partial charge >= 0.3 is 5.97 Å². The van der Waals surface area contributed by atoms with Crippen molar-refractivity contribution in [2.75, 3.05) is 4.72 Å². The number of nitrogens with one attached hydrogen (secondary N) is 1. The Bertz CT molecular complexity index is 1120. The molecule has 144 valence electrons. The lowest BCUT2D eigenvalue weighted by Gasteiger charge is -2.14. The average Bonchev–Trinajstić information content (AvgIpc) is 3.30. The van der Waals surface area contributed by atoms with Crippen LogP contribution in [-0.4, -0.2) is 24.4 Å². The van der Waals surface area contributed by atoms with Gasteiger partial charge in [-0.05, 0) is 47.5 Å². The summed E-state index contributed by atoms with van der Waals surface area (Å²) in [6.07, 6.45) is 1.53. The summed E-state index contributed by atoms with van der Waals surface area (Å²) in [5.41, 5.74) is 2.07. The van der Waals surface area contributed by atoms with E-state index in [1.807, 2.05) is 0 Å². The number of rotatable bonds is 5. The van der Waals surface area contributed by atoms with E-state index in [0.29, 0.717) is 28.8 Å². The van der Waals surface area contributed by atoms with Crippen LogP contribution in [0, 0.1) is 0 Å².